The number of anilines is 1. The van der Waals surface area contributed by atoms with Gasteiger partial charge in [-0.25, -0.2) is 12.8 Å². The van der Waals surface area contributed by atoms with Crippen molar-refractivity contribution < 1.29 is 22.4 Å². The van der Waals surface area contributed by atoms with Crippen molar-refractivity contribution in [3.8, 4) is 0 Å². The summed E-state index contributed by atoms with van der Waals surface area (Å²) in [5.74, 6) is -1.24. The van der Waals surface area contributed by atoms with Crippen molar-refractivity contribution in [1.82, 2.24) is 10.2 Å². The van der Waals surface area contributed by atoms with Crippen molar-refractivity contribution in [3.63, 3.8) is 0 Å². The van der Waals surface area contributed by atoms with E-state index in [1.807, 2.05) is 19.9 Å². The van der Waals surface area contributed by atoms with Crippen LogP contribution in [-0.4, -0.2) is 50.5 Å². The van der Waals surface area contributed by atoms with Crippen molar-refractivity contribution in [2.75, 3.05) is 23.7 Å². The second-order valence-electron chi connectivity index (χ2n) is 8.42. The topological polar surface area (TPSA) is 86.8 Å². The summed E-state index contributed by atoms with van der Waals surface area (Å²) in [5.41, 5.74) is 2.62. The number of nitrogens with zero attached hydrogens (tertiary/aromatic N) is 2. The Morgan fingerprint density at radius 1 is 1.06 bits per heavy atom. The van der Waals surface area contributed by atoms with Gasteiger partial charge in [-0.3, -0.25) is 13.9 Å². The molecule has 1 atom stereocenters. The van der Waals surface area contributed by atoms with Gasteiger partial charge >= 0.3 is 0 Å². The number of nitrogens with one attached hydrogen (secondary N) is 1. The minimum atomic E-state index is -3.80. The molecule has 0 radical (unpaired) electrons. The highest BCUT2D eigenvalue weighted by atomic mass is 32.2. The molecule has 0 spiro atoms. The molecule has 0 bridgehead atoms. The lowest BCUT2D eigenvalue weighted by atomic mass is 10.1. The molecule has 1 N–H and O–H groups in total. The molecule has 2 aromatic carbocycles. The third-order valence-corrected chi connectivity index (χ3v) is 6.64. The molecule has 186 valence electrons. The highest BCUT2D eigenvalue weighted by molar-refractivity contribution is 7.92. The standard InChI is InChI=1S/C25H34FN3O4S/c1-6-14-27-25(31)22(7-2)28(16-20-10-12-21(26)13-11-20)24(30)17-29(34(5,32)33)23-15-18(3)8-9-19(23)4/h8-13,15,22H,6-7,14,16-17H2,1-5H3,(H,27,31)/t22-/m1/s1. The molecular weight excluding hydrogens is 457 g/mol. The number of sulfonamides is 1. The molecule has 2 aromatic rings. The van der Waals surface area contributed by atoms with Crippen molar-refractivity contribution in [3.05, 3.63) is 65.0 Å². The van der Waals surface area contributed by atoms with Gasteiger partial charge in [-0.15, -0.1) is 0 Å². The van der Waals surface area contributed by atoms with Crippen molar-refractivity contribution in [2.24, 2.45) is 0 Å². The summed E-state index contributed by atoms with van der Waals surface area (Å²) in [6, 6.07) is 10.3. The first kappa shape index (κ1) is 27.3. The second kappa shape index (κ2) is 12.0. The molecule has 0 aliphatic heterocycles. The molecule has 0 aliphatic rings. The lowest BCUT2D eigenvalue weighted by Crippen LogP contribution is -2.52. The normalized spacial score (nSPS) is 12.2. The van der Waals surface area contributed by atoms with Gasteiger partial charge < -0.3 is 10.2 Å². The molecule has 9 heteroatoms. The van der Waals surface area contributed by atoms with E-state index in [0.29, 0.717) is 29.8 Å². The van der Waals surface area contributed by atoms with E-state index in [4.69, 9.17) is 0 Å². The highest BCUT2D eigenvalue weighted by Crippen LogP contribution is 2.25. The van der Waals surface area contributed by atoms with E-state index in [0.717, 1.165) is 22.5 Å². The van der Waals surface area contributed by atoms with Crippen LogP contribution in [0.25, 0.3) is 0 Å². The van der Waals surface area contributed by atoms with Gasteiger partial charge in [0, 0.05) is 13.1 Å². The SMILES string of the molecule is CCCNC(=O)[C@@H](CC)N(Cc1ccc(F)cc1)C(=O)CN(c1cc(C)ccc1C)S(C)(=O)=O. The Morgan fingerprint density at radius 2 is 1.71 bits per heavy atom. The third-order valence-electron chi connectivity index (χ3n) is 5.51. The van der Waals surface area contributed by atoms with E-state index >= 15 is 0 Å². The number of hydrogen-bond acceptors (Lipinski definition) is 4. The zero-order valence-electron chi connectivity index (χ0n) is 20.5. The molecular formula is C25H34FN3O4S. The first-order valence-corrected chi connectivity index (χ1v) is 13.2. The monoisotopic (exact) mass is 491 g/mol. The predicted molar refractivity (Wildman–Crippen MR) is 132 cm³/mol. The van der Waals surface area contributed by atoms with Crippen molar-refractivity contribution in [1.29, 1.82) is 0 Å². The maximum atomic E-state index is 13.6. The van der Waals surface area contributed by atoms with Gasteiger partial charge in [0.1, 0.15) is 18.4 Å². The summed E-state index contributed by atoms with van der Waals surface area (Å²) < 4.78 is 39.9. The average molecular weight is 492 g/mol. The van der Waals surface area contributed by atoms with Crippen LogP contribution in [0, 0.1) is 19.7 Å². The number of halogens is 1. The van der Waals surface area contributed by atoms with Gasteiger partial charge in [-0.1, -0.05) is 38.1 Å². The van der Waals surface area contributed by atoms with Gasteiger partial charge in [-0.05, 0) is 61.6 Å². The van der Waals surface area contributed by atoms with E-state index in [1.54, 1.807) is 38.1 Å². The van der Waals surface area contributed by atoms with E-state index in [1.165, 1.54) is 17.0 Å². The molecule has 0 aliphatic carbocycles. The zero-order valence-corrected chi connectivity index (χ0v) is 21.3. The van der Waals surface area contributed by atoms with Crippen LogP contribution >= 0.6 is 0 Å². The fourth-order valence-electron chi connectivity index (χ4n) is 3.65. The number of rotatable bonds is 11. The lowest BCUT2D eigenvalue weighted by Gasteiger charge is -2.33. The van der Waals surface area contributed by atoms with Gasteiger partial charge in [0.15, 0.2) is 0 Å². The second-order valence-corrected chi connectivity index (χ2v) is 10.3. The summed E-state index contributed by atoms with van der Waals surface area (Å²) in [4.78, 5) is 27.8. The smallest absolute Gasteiger partial charge is 0.244 e. The van der Waals surface area contributed by atoms with Gasteiger partial charge in [0.2, 0.25) is 21.8 Å². The van der Waals surface area contributed by atoms with Crippen molar-refractivity contribution in [2.45, 2.75) is 53.1 Å². The van der Waals surface area contributed by atoms with Crippen LogP contribution in [0.15, 0.2) is 42.5 Å². The van der Waals surface area contributed by atoms with Crippen LogP contribution in [-0.2, 0) is 26.2 Å². The Balaban J connectivity index is 2.45. The zero-order chi connectivity index (χ0) is 25.5. The summed E-state index contributed by atoms with van der Waals surface area (Å²) in [6.07, 6.45) is 2.13. The molecule has 0 heterocycles. The molecule has 0 aromatic heterocycles. The largest absolute Gasteiger partial charge is 0.354 e. The fraction of sp³-hybridized carbons (Fsp3) is 0.440. The summed E-state index contributed by atoms with van der Waals surface area (Å²) in [5, 5.41) is 2.82. The maximum absolute atomic E-state index is 13.6. The molecule has 2 amide bonds. The minimum absolute atomic E-state index is 0.0432. The summed E-state index contributed by atoms with van der Waals surface area (Å²) in [7, 11) is -3.80. The molecule has 2 rings (SSSR count). The van der Waals surface area contributed by atoms with Crippen LogP contribution in [0.3, 0.4) is 0 Å². The average Bonchev–Trinajstić information content (AvgIpc) is 2.78. The van der Waals surface area contributed by atoms with E-state index in [2.05, 4.69) is 5.32 Å². The first-order valence-electron chi connectivity index (χ1n) is 11.3. The number of carbonyl (C=O) groups is 2. The molecule has 7 nitrogen and oxygen atoms in total. The molecule has 0 fully saturated rings. The lowest BCUT2D eigenvalue weighted by molar-refractivity contribution is -0.140. The molecule has 34 heavy (non-hydrogen) atoms. The van der Waals surface area contributed by atoms with Crippen LogP contribution in [0.5, 0.6) is 0 Å². The van der Waals surface area contributed by atoms with Gasteiger partial charge in [0.25, 0.3) is 0 Å². The van der Waals surface area contributed by atoms with Crippen LogP contribution in [0.2, 0.25) is 0 Å². The first-order chi connectivity index (χ1) is 16.0. The van der Waals surface area contributed by atoms with E-state index in [9.17, 15) is 22.4 Å². The Kier molecular flexibility index (Phi) is 9.61. The number of carbonyl (C=O) groups excluding carboxylic acids is 2. The van der Waals surface area contributed by atoms with Gasteiger partial charge in [-0.2, -0.15) is 0 Å². The molecule has 0 saturated carbocycles. The summed E-state index contributed by atoms with van der Waals surface area (Å²) in [6.45, 7) is 7.39. The highest BCUT2D eigenvalue weighted by Gasteiger charge is 2.32. The number of benzene rings is 2. The molecule has 0 unspecified atom stereocenters. The van der Waals surface area contributed by atoms with Gasteiger partial charge in [0.05, 0.1) is 11.9 Å². The van der Waals surface area contributed by atoms with Crippen LogP contribution in [0.4, 0.5) is 10.1 Å². The summed E-state index contributed by atoms with van der Waals surface area (Å²) >= 11 is 0. The van der Waals surface area contributed by atoms with E-state index in [-0.39, 0.29) is 12.5 Å². The van der Waals surface area contributed by atoms with Crippen molar-refractivity contribution >= 4 is 27.5 Å². The Bertz CT molecular complexity index is 1100. The Morgan fingerprint density at radius 3 is 2.26 bits per heavy atom. The Hall–Kier alpha value is -2.94. The number of amides is 2. The Labute approximate surface area is 202 Å². The third kappa shape index (κ3) is 7.28. The predicted octanol–water partition coefficient (Wildman–Crippen LogP) is 3.54. The number of hydrogen-bond donors (Lipinski definition) is 1. The van der Waals surface area contributed by atoms with E-state index < -0.39 is 34.3 Å². The van der Waals surface area contributed by atoms with Crippen LogP contribution in [0.1, 0.15) is 43.4 Å². The quantitative estimate of drug-likeness (QED) is 0.521. The number of aryl methyl sites for hydroxylation is 2. The fourth-order valence-corrected chi connectivity index (χ4v) is 4.55. The maximum Gasteiger partial charge on any atom is 0.244 e. The minimum Gasteiger partial charge on any atom is -0.354 e. The van der Waals surface area contributed by atoms with Crippen LogP contribution < -0.4 is 9.62 Å². The molecule has 0 saturated heterocycles.